The Labute approximate surface area is 169 Å². The van der Waals surface area contributed by atoms with E-state index < -0.39 is 0 Å². The van der Waals surface area contributed by atoms with Crippen LogP contribution in [-0.2, 0) is 4.79 Å². The Balaban J connectivity index is 1.64. The summed E-state index contributed by atoms with van der Waals surface area (Å²) in [4.78, 5) is 16.8. The molecule has 0 bridgehead atoms. The molecule has 1 amide bonds. The molecule has 2 aromatic carbocycles. The van der Waals surface area contributed by atoms with Gasteiger partial charge in [0.1, 0.15) is 11.1 Å². The number of benzene rings is 2. The van der Waals surface area contributed by atoms with Crippen LogP contribution in [0.1, 0.15) is 23.1 Å². The number of carbonyl (C=O) groups is 1. The van der Waals surface area contributed by atoms with Crippen molar-refractivity contribution in [1.82, 2.24) is 4.98 Å². The minimum Gasteiger partial charge on any atom is -0.326 e. The average molecular weight is 388 g/mol. The summed E-state index contributed by atoms with van der Waals surface area (Å²) in [7, 11) is 0. The van der Waals surface area contributed by atoms with Crippen molar-refractivity contribution in [2.45, 2.75) is 25.3 Å². The Bertz CT molecular complexity index is 1020. The first kappa shape index (κ1) is 19.7. The van der Waals surface area contributed by atoms with Crippen molar-refractivity contribution in [3.63, 3.8) is 0 Å². The highest BCUT2D eigenvalue weighted by molar-refractivity contribution is 7.99. The Morgan fingerprint density at radius 3 is 2.57 bits per heavy atom. The zero-order chi connectivity index (χ0) is 19.9. The molecule has 0 radical (unpaired) electrons. The van der Waals surface area contributed by atoms with Gasteiger partial charge in [0, 0.05) is 23.4 Å². The molecule has 1 N–H and O–H groups in total. The van der Waals surface area contributed by atoms with Gasteiger partial charge in [-0.15, -0.1) is 11.8 Å². The van der Waals surface area contributed by atoms with E-state index in [1.807, 2.05) is 68.4 Å². The van der Waals surface area contributed by atoms with Crippen LogP contribution in [0.2, 0.25) is 0 Å². The molecule has 4 nitrogen and oxygen atoms in total. The fraction of sp³-hybridized carbons (Fsp3) is 0.174. The monoisotopic (exact) mass is 387 g/mol. The van der Waals surface area contributed by atoms with Crippen LogP contribution in [0.3, 0.4) is 0 Å². The molecule has 1 heterocycles. The lowest BCUT2D eigenvalue weighted by atomic mass is 10.1. The SMILES string of the molecule is Cc1ccc(-c2ccc(C#N)c(SCCC(=O)Nc3cccc(C)c3)n2)cc1. The maximum atomic E-state index is 12.2. The predicted molar refractivity (Wildman–Crippen MR) is 114 cm³/mol. The van der Waals surface area contributed by atoms with Crippen LogP contribution in [-0.4, -0.2) is 16.6 Å². The summed E-state index contributed by atoms with van der Waals surface area (Å²) in [5, 5.41) is 12.9. The number of nitrogens with zero attached hydrogens (tertiary/aromatic N) is 2. The van der Waals surface area contributed by atoms with Crippen molar-refractivity contribution in [3.8, 4) is 17.3 Å². The van der Waals surface area contributed by atoms with Gasteiger partial charge < -0.3 is 5.32 Å². The van der Waals surface area contributed by atoms with Gasteiger partial charge in [-0.05, 0) is 43.7 Å². The predicted octanol–water partition coefficient (Wildman–Crippen LogP) is 5.36. The molecule has 28 heavy (non-hydrogen) atoms. The third-order valence-electron chi connectivity index (χ3n) is 4.20. The highest BCUT2D eigenvalue weighted by Gasteiger charge is 2.10. The van der Waals surface area contributed by atoms with E-state index in [2.05, 4.69) is 16.4 Å². The van der Waals surface area contributed by atoms with Crippen LogP contribution in [0.4, 0.5) is 5.69 Å². The molecule has 3 rings (SSSR count). The van der Waals surface area contributed by atoms with Gasteiger partial charge in [-0.2, -0.15) is 5.26 Å². The van der Waals surface area contributed by atoms with Crippen LogP contribution in [0.15, 0.2) is 65.7 Å². The van der Waals surface area contributed by atoms with Gasteiger partial charge in [0.05, 0.1) is 11.3 Å². The van der Waals surface area contributed by atoms with Crippen molar-refractivity contribution in [1.29, 1.82) is 5.26 Å². The van der Waals surface area contributed by atoms with Gasteiger partial charge >= 0.3 is 0 Å². The van der Waals surface area contributed by atoms with Crippen molar-refractivity contribution in [2.75, 3.05) is 11.1 Å². The fourth-order valence-electron chi connectivity index (χ4n) is 2.71. The Morgan fingerprint density at radius 1 is 1.07 bits per heavy atom. The van der Waals surface area contributed by atoms with Gasteiger partial charge in [-0.3, -0.25) is 4.79 Å². The Morgan fingerprint density at radius 2 is 1.86 bits per heavy atom. The summed E-state index contributed by atoms with van der Waals surface area (Å²) >= 11 is 1.43. The average Bonchev–Trinajstić information content (AvgIpc) is 2.68. The van der Waals surface area contributed by atoms with Crippen molar-refractivity contribution >= 4 is 23.4 Å². The summed E-state index contributed by atoms with van der Waals surface area (Å²) in [6.45, 7) is 4.03. The second-order valence-electron chi connectivity index (χ2n) is 6.54. The number of carbonyl (C=O) groups excluding carboxylic acids is 1. The molecule has 0 unspecified atom stereocenters. The number of pyridine rings is 1. The molecule has 140 valence electrons. The lowest BCUT2D eigenvalue weighted by Gasteiger charge is -2.08. The molecule has 0 atom stereocenters. The fourth-order valence-corrected chi connectivity index (χ4v) is 3.62. The quantitative estimate of drug-likeness (QED) is 0.578. The summed E-state index contributed by atoms with van der Waals surface area (Å²) < 4.78 is 0. The van der Waals surface area contributed by atoms with E-state index in [1.165, 1.54) is 17.3 Å². The summed E-state index contributed by atoms with van der Waals surface area (Å²) in [6, 6.07) is 21.7. The highest BCUT2D eigenvalue weighted by atomic mass is 32.2. The van der Waals surface area contributed by atoms with E-state index >= 15 is 0 Å². The number of amides is 1. The molecule has 0 saturated carbocycles. The second-order valence-corrected chi connectivity index (χ2v) is 7.63. The van der Waals surface area contributed by atoms with Gasteiger partial charge in [-0.1, -0.05) is 42.0 Å². The van der Waals surface area contributed by atoms with E-state index in [4.69, 9.17) is 0 Å². The molecule has 0 saturated heterocycles. The molecule has 5 heteroatoms. The number of nitrogens with one attached hydrogen (secondary N) is 1. The second kappa shape index (κ2) is 9.20. The summed E-state index contributed by atoms with van der Waals surface area (Å²) in [6.07, 6.45) is 0.347. The maximum absolute atomic E-state index is 12.2. The van der Waals surface area contributed by atoms with E-state index in [0.717, 1.165) is 22.5 Å². The Hall–Kier alpha value is -3.10. The molecule has 0 aliphatic rings. The number of anilines is 1. The van der Waals surface area contributed by atoms with Crippen LogP contribution in [0.25, 0.3) is 11.3 Å². The number of aromatic nitrogens is 1. The first-order valence-electron chi connectivity index (χ1n) is 9.02. The standard InChI is InChI=1S/C23H21N3OS/c1-16-6-8-18(9-7-16)21-11-10-19(15-24)23(26-21)28-13-12-22(27)25-20-5-3-4-17(2)14-20/h3-11,14H,12-13H2,1-2H3,(H,25,27). The number of rotatable bonds is 6. The molecular weight excluding hydrogens is 366 g/mol. The van der Waals surface area contributed by atoms with Crippen LogP contribution in [0.5, 0.6) is 0 Å². The highest BCUT2D eigenvalue weighted by Crippen LogP contribution is 2.26. The molecule has 0 fully saturated rings. The van der Waals surface area contributed by atoms with Crippen LogP contribution < -0.4 is 5.32 Å². The molecule has 3 aromatic rings. The normalized spacial score (nSPS) is 10.3. The third-order valence-corrected chi connectivity index (χ3v) is 5.19. The lowest BCUT2D eigenvalue weighted by molar-refractivity contribution is -0.115. The smallest absolute Gasteiger partial charge is 0.225 e. The zero-order valence-electron chi connectivity index (χ0n) is 15.9. The number of thioether (sulfide) groups is 1. The van der Waals surface area contributed by atoms with Crippen molar-refractivity contribution in [2.24, 2.45) is 0 Å². The van der Waals surface area contributed by atoms with E-state index in [-0.39, 0.29) is 5.91 Å². The minimum absolute atomic E-state index is 0.0497. The van der Waals surface area contributed by atoms with Gasteiger partial charge in [-0.25, -0.2) is 4.98 Å². The van der Waals surface area contributed by atoms with Gasteiger partial charge in [0.25, 0.3) is 0 Å². The number of nitriles is 1. The lowest BCUT2D eigenvalue weighted by Crippen LogP contribution is -2.12. The first-order chi connectivity index (χ1) is 13.5. The topological polar surface area (TPSA) is 65.8 Å². The van der Waals surface area contributed by atoms with Crippen molar-refractivity contribution < 1.29 is 4.79 Å². The first-order valence-corrected chi connectivity index (χ1v) is 10.0. The van der Waals surface area contributed by atoms with E-state index in [1.54, 1.807) is 6.07 Å². The van der Waals surface area contributed by atoms with Crippen LogP contribution in [0, 0.1) is 25.2 Å². The zero-order valence-corrected chi connectivity index (χ0v) is 16.7. The van der Waals surface area contributed by atoms with E-state index in [9.17, 15) is 10.1 Å². The van der Waals surface area contributed by atoms with Gasteiger partial charge in [0.15, 0.2) is 0 Å². The molecule has 0 aliphatic heterocycles. The largest absolute Gasteiger partial charge is 0.326 e. The Kier molecular flexibility index (Phi) is 6.46. The number of hydrogen-bond donors (Lipinski definition) is 1. The molecule has 1 aromatic heterocycles. The maximum Gasteiger partial charge on any atom is 0.225 e. The number of aryl methyl sites for hydroxylation is 2. The summed E-state index contributed by atoms with van der Waals surface area (Å²) in [5.74, 6) is 0.503. The van der Waals surface area contributed by atoms with E-state index in [0.29, 0.717) is 22.8 Å². The molecular formula is C23H21N3OS. The van der Waals surface area contributed by atoms with Crippen molar-refractivity contribution in [3.05, 3.63) is 77.4 Å². The molecule has 0 aliphatic carbocycles. The molecule has 0 spiro atoms. The van der Waals surface area contributed by atoms with Crippen LogP contribution >= 0.6 is 11.8 Å². The minimum atomic E-state index is -0.0497. The number of hydrogen-bond acceptors (Lipinski definition) is 4. The van der Waals surface area contributed by atoms with Gasteiger partial charge in [0.2, 0.25) is 5.91 Å². The summed E-state index contributed by atoms with van der Waals surface area (Å²) in [5.41, 5.74) is 5.45. The third kappa shape index (κ3) is 5.21.